The molecule has 0 saturated heterocycles. The normalized spacial score (nSPS) is 11.4. The van der Waals surface area contributed by atoms with Crippen LogP contribution in [0.25, 0.3) is 0 Å². The maximum absolute atomic E-state index is 12.4. The third-order valence-electron chi connectivity index (χ3n) is 2.67. The number of anilines is 1. The van der Waals surface area contributed by atoms with Crippen molar-refractivity contribution in [3.05, 3.63) is 28.4 Å². The van der Waals surface area contributed by atoms with Gasteiger partial charge in [-0.05, 0) is 47.5 Å². The Bertz CT molecular complexity index is 738. The molecule has 9 heteroatoms. The molecular weight excluding hydrogens is 360 g/mol. The van der Waals surface area contributed by atoms with E-state index in [0.29, 0.717) is 18.0 Å². The average Bonchev–Trinajstić information content (AvgIpc) is 2.73. The molecule has 0 fully saturated rings. The minimum absolute atomic E-state index is 0.0504. The molecule has 2 rings (SSSR count). The number of nitrogens with one attached hydrogen (secondary N) is 1. The van der Waals surface area contributed by atoms with Gasteiger partial charge in [-0.15, -0.1) is 5.10 Å². The summed E-state index contributed by atoms with van der Waals surface area (Å²) in [7, 11) is -2.32. The van der Waals surface area contributed by atoms with Crippen LogP contribution in [0.15, 0.2) is 27.8 Å². The van der Waals surface area contributed by atoms with E-state index in [4.69, 9.17) is 4.74 Å². The Morgan fingerprint density at radius 2 is 2.14 bits per heavy atom. The lowest BCUT2D eigenvalue weighted by molar-refractivity contribution is 0.342. The van der Waals surface area contributed by atoms with Gasteiger partial charge in [-0.2, -0.15) is 8.42 Å². The second-order valence-corrected chi connectivity index (χ2v) is 6.70. The fraction of sp³-hybridized carbons (Fsp3) is 0.333. The number of halogens is 1. The van der Waals surface area contributed by atoms with Gasteiger partial charge in [0.15, 0.2) is 4.60 Å². The zero-order chi connectivity index (χ0) is 15.6. The molecule has 0 unspecified atom stereocenters. The van der Waals surface area contributed by atoms with Gasteiger partial charge in [0.05, 0.1) is 12.3 Å². The third kappa shape index (κ3) is 3.35. The van der Waals surface area contributed by atoms with Crippen molar-refractivity contribution in [3.63, 3.8) is 0 Å². The molecule has 1 heterocycles. The second-order valence-electron chi connectivity index (χ2n) is 4.35. The first-order valence-corrected chi connectivity index (χ1v) is 8.44. The van der Waals surface area contributed by atoms with E-state index in [2.05, 4.69) is 31.0 Å². The highest BCUT2D eigenvalue weighted by molar-refractivity contribution is 9.10. The van der Waals surface area contributed by atoms with Crippen LogP contribution in [-0.4, -0.2) is 30.0 Å². The predicted octanol–water partition coefficient (Wildman–Crippen LogP) is 2.09. The summed E-state index contributed by atoms with van der Waals surface area (Å²) >= 11 is 3.08. The Balaban J connectivity index is 2.42. The first kappa shape index (κ1) is 15.8. The summed E-state index contributed by atoms with van der Waals surface area (Å²) in [5, 5.41) is 7.29. The zero-order valence-electron chi connectivity index (χ0n) is 11.8. The fourth-order valence-electron chi connectivity index (χ4n) is 1.79. The number of sulfonamides is 1. The highest BCUT2D eigenvalue weighted by Gasteiger charge is 2.25. The largest absolute Gasteiger partial charge is 0.492 e. The summed E-state index contributed by atoms with van der Waals surface area (Å²) < 4.78 is 34.2. The van der Waals surface area contributed by atoms with Crippen LogP contribution in [0.3, 0.4) is 0 Å². The van der Waals surface area contributed by atoms with Crippen molar-refractivity contribution in [3.8, 4) is 5.75 Å². The summed E-state index contributed by atoms with van der Waals surface area (Å²) in [6.07, 6.45) is 0. The van der Waals surface area contributed by atoms with E-state index in [-0.39, 0.29) is 9.63 Å². The van der Waals surface area contributed by atoms with Crippen molar-refractivity contribution in [2.75, 3.05) is 11.3 Å². The van der Waals surface area contributed by atoms with E-state index in [1.165, 1.54) is 11.7 Å². The number of nitrogens with zero attached hydrogens (tertiary/aromatic N) is 3. The van der Waals surface area contributed by atoms with Gasteiger partial charge in [0.2, 0.25) is 5.03 Å². The van der Waals surface area contributed by atoms with Gasteiger partial charge in [-0.3, -0.25) is 4.72 Å². The molecule has 0 aliphatic rings. The number of ether oxygens (including phenoxy) is 1. The van der Waals surface area contributed by atoms with E-state index in [9.17, 15) is 8.42 Å². The van der Waals surface area contributed by atoms with Crippen molar-refractivity contribution in [2.24, 2.45) is 7.05 Å². The van der Waals surface area contributed by atoms with Crippen LogP contribution in [0.4, 0.5) is 5.69 Å². The van der Waals surface area contributed by atoms with Gasteiger partial charge in [0.25, 0.3) is 10.0 Å². The lowest BCUT2D eigenvalue weighted by Crippen LogP contribution is -2.17. The second kappa shape index (κ2) is 6.02. The summed E-state index contributed by atoms with van der Waals surface area (Å²) in [5.41, 5.74) is 1.35. The molecule has 1 N–H and O–H groups in total. The van der Waals surface area contributed by atoms with Crippen LogP contribution in [-0.2, 0) is 17.1 Å². The van der Waals surface area contributed by atoms with Crippen molar-refractivity contribution in [1.29, 1.82) is 0 Å². The maximum atomic E-state index is 12.4. The van der Waals surface area contributed by atoms with Crippen LogP contribution >= 0.6 is 15.9 Å². The SMILES string of the molecule is CCOc1cc(C)ccc1NS(=O)(=O)c1c(Br)nnn1C. The number of aryl methyl sites for hydroxylation is 2. The van der Waals surface area contributed by atoms with Gasteiger partial charge in [-0.1, -0.05) is 11.3 Å². The Hall–Kier alpha value is -1.61. The van der Waals surface area contributed by atoms with Gasteiger partial charge < -0.3 is 4.74 Å². The fourth-order valence-corrected chi connectivity index (χ4v) is 3.96. The Kier molecular flexibility index (Phi) is 4.52. The molecule has 0 spiro atoms. The lowest BCUT2D eigenvalue weighted by Gasteiger charge is -2.13. The summed E-state index contributed by atoms with van der Waals surface area (Å²) in [6, 6.07) is 5.24. The molecule has 0 aliphatic carbocycles. The topological polar surface area (TPSA) is 86.1 Å². The summed E-state index contributed by atoms with van der Waals surface area (Å²) in [4.78, 5) is 0. The molecular formula is C12H15BrN4O3S. The number of hydrogen-bond donors (Lipinski definition) is 1. The highest BCUT2D eigenvalue weighted by atomic mass is 79.9. The molecule has 0 amide bonds. The van der Waals surface area contributed by atoms with E-state index in [1.807, 2.05) is 13.8 Å². The number of benzene rings is 1. The van der Waals surface area contributed by atoms with Gasteiger partial charge in [0.1, 0.15) is 5.75 Å². The Labute approximate surface area is 131 Å². The molecule has 7 nitrogen and oxygen atoms in total. The number of rotatable bonds is 5. The smallest absolute Gasteiger partial charge is 0.282 e. The minimum atomic E-state index is -3.82. The van der Waals surface area contributed by atoms with E-state index in [1.54, 1.807) is 18.2 Å². The third-order valence-corrected chi connectivity index (χ3v) is 4.92. The molecule has 1 aromatic heterocycles. The van der Waals surface area contributed by atoms with Gasteiger partial charge in [-0.25, -0.2) is 4.68 Å². The van der Waals surface area contributed by atoms with Gasteiger partial charge in [0, 0.05) is 7.05 Å². The van der Waals surface area contributed by atoms with Gasteiger partial charge >= 0.3 is 0 Å². The molecule has 2 aromatic rings. The average molecular weight is 375 g/mol. The highest BCUT2D eigenvalue weighted by Crippen LogP contribution is 2.29. The van der Waals surface area contributed by atoms with Crippen LogP contribution in [0.1, 0.15) is 12.5 Å². The van der Waals surface area contributed by atoms with Crippen molar-refractivity contribution in [1.82, 2.24) is 15.0 Å². The quantitative estimate of drug-likeness (QED) is 0.865. The minimum Gasteiger partial charge on any atom is -0.492 e. The maximum Gasteiger partial charge on any atom is 0.282 e. The van der Waals surface area contributed by atoms with Crippen molar-refractivity contribution in [2.45, 2.75) is 18.9 Å². The molecule has 21 heavy (non-hydrogen) atoms. The van der Waals surface area contributed by atoms with Crippen LogP contribution in [0, 0.1) is 6.92 Å². The van der Waals surface area contributed by atoms with E-state index < -0.39 is 10.0 Å². The molecule has 0 aliphatic heterocycles. The van der Waals surface area contributed by atoms with Crippen molar-refractivity contribution < 1.29 is 13.2 Å². The van der Waals surface area contributed by atoms with Crippen molar-refractivity contribution >= 4 is 31.6 Å². The molecule has 114 valence electrons. The molecule has 0 atom stereocenters. The van der Waals surface area contributed by atoms with Crippen LogP contribution in [0.5, 0.6) is 5.75 Å². The number of aromatic nitrogens is 3. The molecule has 0 saturated carbocycles. The predicted molar refractivity (Wildman–Crippen MR) is 81.9 cm³/mol. The first-order chi connectivity index (χ1) is 9.85. The Morgan fingerprint density at radius 1 is 1.43 bits per heavy atom. The molecule has 0 radical (unpaired) electrons. The number of hydrogen-bond acceptors (Lipinski definition) is 5. The monoisotopic (exact) mass is 374 g/mol. The summed E-state index contributed by atoms with van der Waals surface area (Å²) in [6.45, 7) is 4.18. The zero-order valence-corrected chi connectivity index (χ0v) is 14.2. The van der Waals surface area contributed by atoms with E-state index in [0.717, 1.165) is 5.56 Å². The van der Waals surface area contributed by atoms with Crippen LogP contribution in [0.2, 0.25) is 0 Å². The molecule has 0 bridgehead atoms. The van der Waals surface area contributed by atoms with Crippen LogP contribution < -0.4 is 9.46 Å². The lowest BCUT2D eigenvalue weighted by atomic mass is 10.2. The standard InChI is InChI=1S/C12H15BrN4O3S/c1-4-20-10-7-8(2)5-6-9(10)15-21(18,19)12-11(13)14-16-17(12)3/h5-7,15H,4H2,1-3H3. The molecule has 1 aromatic carbocycles. The first-order valence-electron chi connectivity index (χ1n) is 6.16. The van der Waals surface area contributed by atoms with E-state index >= 15 is 0 Å². The Morgan fingerprint density at radius 3 is 2.71 bits per heavy atom. The summed E-state index contributed by atoms with van der Waals surface area (Å²) in [5.74, 6) is 0.479.